The Bertz CT molecular complexity index is 630. The van der Waals surface area contributed by atoms with Gasteiger partial charge in [-0.15, -0.1) is 0 Å². The molecule has 5 nitrogen and oxygen atoms in total. The lowest BCUT2D eigenvalue weighted by Gasteiger charge is -2.37. The fraction of sp³-hybridized carbons (Fsp3) is 0.769. The zero-order chi connectivity index (χ0) is 17.8. The van der Waals surface area contributed by atoms with Gasteiger partial charge >= 0.3 is 17.1 Å². The molecule has 0 aromatic rings. The molecular formula is C13H15F4O5S-. The first-order valence-corrected chi connectivity index (χ1v) is 8.27. The molecule has 132 valence electrons. The van der Waals surface area contributed by atoms with Crippen molar-refractivity contribution in [1.82, 2.24) is 0 Å². The summed E-state index contributed by atoms with van der Waals surface area (Å²) in [6.07, 6.45) is -1.08. The van der Waals surface area contributed by atoms with Gasteiger partial charge in [0.15, 0.2) is 10.1 Å². The van der Waals surface area contributed by atoms with Crippen LogP contribution in [0.25, 0.3) is 0 Å². The van der Waals surface area contributed by atoms with Crippen LogP contribution in [0, 0.1) is 17.8 Å². The van der Waals surface area contributed by atoms with Crippen LogP contribution < -0.4 is 0 Å². The Labute approximate surface area is 130 Å². The minimum absolute atomic E-state index is 0.0705. The van der Waals surface area contributed by atoms with E-state index in [0.717, 1.165) is 0 Å². The molecule has 4 unspecified atom stereocenters. The highest BCUT2D eigenvalue weighted by Crippen LogP contribution is 2.58. The molecule has 0 aromatic heterocycles. The van der Waals surface area contributed by atoms with Crippen molar-refractivity contribution in [2.75, 3.05) is 0 Å². The Morgan fingerprint density at radius 1 is 1.17 bits per heavy atom. The first-order valence-electron chi connectivity index (χ1n) is 6.86. The zero-order valence-corrected chi connectivity index (χ0v) is 12.9. The van der Waals surface area contributed by atoms with Gasteiger partial charge in [0.2, 0.25) is 0 Å². The molecule has 0 spiro atoms. The second kappa shape index (κ2) is 5.44. The predicted molar refractivity (Wildman–Crippen MR) is 68.6 cm³/mol. The fourth-order valence-electron chi connectivity index (χ4n) is 3.43. The minimum atomic E-state index is -6.49. The molecule has 0 aromatic carbocycles. The number of ether oxygens (including phenoxy) is 1. The normalized spacial score (nSPS) is 31.2. The molecule has 0 saturated heterocycles. The van der Waals surface area contributed by atoms with Crippen molar-refractivity contribution in [3.63, 3.8) is 0 Å². The lowest BCUT2D eigenvalue weighted by atomic mass is 9.82. The van der Waals surface area contributed by atoms with Crippen molar-refractivity contribution in [3.05, 3.63) is 12.2 Å². The van der Waals surface area contributed by atoms with Gasteiger partial charge < -0.3 is 9.29 Å². The average molecular weight is 359 g/mol. The van der Waals surface area contributed by atoms with Crippen LogP contribution in [0.2, 0.25) is 0 Å². The van der Waals surface area contributed by atoms with Crippen molar-refractivity contribution >= 4 is 16.1 Å². The van der Waals surface area contributed by atoms with Gasteiger partial charge in [0.25, 0.3) is 0 Å². The smallest absolute Gasteiger partial charge is 0.396 e. The summed E-state index contributed by atoms with van der Waals surface area (Å²) in [4.78, 5) is 11.4. The maximum absolute atomic E-state index is 13.9. The van der Waals surface area contributed by atoms with Gasteiger partial charge in [-0.3, -0.25) is 0 Å². The number of rotatable bonds is 5. The summed E-state index contributed by atoms with van der Waals surface area (Å²) in [5.74, 6) is -9.10. The van der Waals surface area contributed by atoms with Crippen molar-refractivity contribution in [3.8, 4) is 0 Å². The fourth-order valence-corrected chi connectivity index (χ4v) is 3.92. The summed E-state index contributed by atoms with van der Waals surface area (Å²) >= 11 is 0. The molecule has 23 heavy (non-hydrogen) atoms. The van der Waals surface area contributed by atoms with Crippen LogP contribution in [0.15, 0.2) is 12.2 Å². The van der Waals surface area contributed by atoms with Gasteiger partial charge in [-0.05, 0) is 38.0 Å². The molecule has 2 aliphatic carbocycles. The summed E-state index contributed by atoms with van der Waals surface area (Å²) in [5, 5.41) is -5.67. The van der Waals surface area contributed by atoms with Crippen molar-refractivity contribution in [1.29, 1.82) is 0 Å². The molecule has 0 heterocycles. The average Bonchev–Trinajstić information content (AvgIpc) is 2.96. The molecule has 2 aliphatic rings. The highest BCUT2D eigenvalue weighted by Gasteiger charge is 2.69. The summed E-state index contributed by atoms with van der Waals surface area (Å²) in [5.41, 5.74) is 0.124. The Kier molecular flexibility index (Phi) is 4.30. The number of hydrogen-bond acceptors (Lipinski definition) is 5. The molecular weight excluding hydrogens is 344 g/mol. The third-order valence-electron chi connectivity index (χ3n) is 4.57. The van der Waals surface area contributed by atoms with E-state index < -0.39 is 57.5 Å². The van der Waals surface area contributed by atoms with E-state index in [1.807, 2.05) is 0 Å². The Hall–Kier alpha value is -1.16. The highest BCUT2D eigenvalue weighted by atomic mass is 32.2. The molecule has 10 heteroatoms. The minimum Gasteiger partial charge on any atom is -0.743 e. The standard InChI is InChI=1S/C13H16F4O5S/c1-6(2)11(18)22-10-5-7-3-8(10)4-9(7)12(14,15)13(16,17)23(19,20)21/h7-10H,1,3-5H2,2H3,(H,19,20,21)/p-1. The quantitative estimate of drug-likeness (QED) is 0.325. The van der Waals surface area contributed by atoms with Crippen molar-refractivity contribution < 1.29 is 40.1 Å². The molecule has 2 bridgehead atoms. The molecule has 0 radical (unpaired) electrons. The summed E-state index contributed by atoms with van der Waals surface area (Å²) in [6.45, 7) is 4.79. The second-order valence-corrected chi connectivity index (χ2v) is 7.57. The van der Waals surface area contributed by atoms with Crippen LogP contribution in [0.4, 0.5) is 17.6 Å². The lowest BCUT2D eigenvalue weighted by Crippen LogP contribution is -2.53. The number of hydrogen-bond donors (Lipinski definition) is 0. The van der Waals surface area contributed by atoms with Crippen molar-refractivity contribution in [2.24, 2.45) is 17.8 Å². The number of alkyl halides is 4. The van der Waals surface area contributed by atoms with Crippen LogP contribution >= 0.6 is 0 Å². The Morgan fingerprint density at radius 2 is 1.74 bits per heavy atom. The third kappa shape index (κ3) is 2.86. The molecule has 0 amide bonds. The molecule has 0 aliphatic heterocycles. The van der Waals surface area contributed by atoms with Crippen molar-refractivity contribution in [2.45, 2.75) is 43.5 Å². The van der Waals surface area contributed by atoms with E-state index in [-0.39, 0.29) is 18.4 Å². The van der Waals surface area contributed by atoms with E-state index in [4.69, 9.17) is 4.74 Å². The molecule has 2 fully saturated rings. The summed E-state index contributed by atoms with van der Waals surface area (Å²) in [7, 11) is -6.49. The largest absolute Gasteiger partial charge is 0.743 e. The van der Waals surface area contributed by atoms with Crippen LogP contribution in [-0.4, -0.2) is 36.2 Å². The third-order valence-corrected chi connectivity index (χ3v) is 5.47. The maximum Gasteiger partial charge on any atom is 0.396 e. The van der Waals surface area contributed by atoms with Gasteiger partial charge in [-0.2, -0.15) is 17.6 Å². The number of fused-ring (bicyclic) bond motifs is 2. The molecule has 0 N–H and O–H groups in total. The van der Waals surface area contributed by atoms with Crippen LogP contribution in [0.3, 0.4) is 0 Å². The first-order chi connectivity index (χ1) is 10.3. The van der Waals surface area contributed by atoms with Gasteiger partial charge in [0, 0.05) is 11.5 Å². The van der Waals surface area contributed by atoms with Gasteiger partial charge in [-0.1, -0.05) is 6.58 Å². The van der Waals surface area contributed by atoms with E-state index >= 15 is 0 Å². The molecule has 2 saturated carbocycles. The number of esters is 1. The van der Waals surface area contributed by atoms with E-state index in [2.05, 4.69) is 6.58 Å². The van der Waals surface area contributed by atoms with Gasteiger partial charge in [0.05, 0.1) is 0 Å². The van der Waals surface area contributed by atoms with E-state index in [1.54, 1.807) is 0 Å². The second-order valence-electron chi connectivity index (χ2n) is 6.15. The number of carbonyl (C=O) groups excluding carboxylic acids is 1. The maximum atomic E-state index is 13.9. The highest BCUT2D eigenvalue weighted by molar-refractivity contribution is 7.86. The van der Waals surface area contributed by atoms with Crippen LogP contribution in [0.1, 0.15) is 26.2 Å². The monoisotopic (exact) mass is 359 g/mol. The predicted octanol–water partition coefficient (Wildman–Crippen LogP) is 2.29. The van der Waals surface area contributed by atoms with E-state index in [1.165, 1.54) is 6.92 Å². The van der Waals surface area contributed by atoms with Crippen LogP contribution in [0.5, 0.6) is 0 Å². The van der Waals surface area contributed by atoms with Gasteiger partial charge in [0.1, 0.15) is 6.10 Å². The van der Waals surface area contributed by atoms with E-state index in [0.29, 0.717) is 0 Å². The first kappa shape index (κ1) is 18.2. The Morgan fingerprint density at radius 3 is 2.13 bits per heavy atom. The van der Waals surface area contributed by atoms with E-state index in [9.17, 15) is 35.3 Å². The van der Waals surface area contributed by atoms with Crippen LogP contribution in [-0.2, 0) is 19.6 Å². The Balaban J connectivity index is 2.13. The SMILES string of the molecule is C=C(C)C(=O)OC1CC2CC1CC2C(F)(F)C(F)(F)S(=O)(=O)[O-]. The number of halogens is 4. The summed E-state index contributed by atoms with van der Waals surface area (Å²) < 4.78 is 91.1. The number of carbonyl (C=O) groups is 1. The molecule has 4 atom stereocenters. The lowest BCUT2D eigenvalue weighted by molar-refractivity contribution is -0.206. The molecule has 2 rings (SSSR count). The zero-order valence-electron chi connectivity index (χ0n) is 12.1. The summed E-state index contributed by atoms with van der Waals surface area (Å²) in [6, 6.07) is 0. The topological polar surface area (TPSA) is 83.5 Å². The van der Waals surface area contributed by atoms with Gasteiger partial charge in [-0.25, -0.2) is 13.2 Å².